The molecule has 276 valence electrons. The van der Waals surface area contributed by atoms with Crippen LogP contribution in [0.5, 0.6) is 5.75 Å². The van der Waals surface area contributed by atoms with Gasteiger partial charge in [-0.15, -0.1) is 0 Å². The van der Waals surface area contributed by atoms with Crippen LogP contribution >= 0.6 is 0 Å². The van der Waals surface area contributed by atoms with Crippen molar-refractivity contribution >= 4 is 35.8 Å². The Morgan fingerprint density at radius 2 is 1.36 bits per heavy atom. The van der Waals surface area contributed by atoms with Crippen molar-refractivity contribution in [2.45, 2.75) is 51.3 Å². The number of nitrogens with two attached hydrogens (primary N) is 1. The molecule has 4 aromatic carbocycles. The summed E-state index contributed by atoms with van der Waals surface area (Å²) in [6.07, 6.45) is -1.14. The quantitative estimate of drug-likeness (QED) is 0.0576. The summed E-state index contributed by atoms with van der Waals surface area (Å²) >= 11 is 0. The number of carbonyl (C=O) groups is 5. The Morgan fingerprint density at radius 1 is 0.736 bits per heavy atom. The summed E-state index contributed by atoms with van der Waals surface area (Å²) in [7, 11) is 0. The van der Waals surface area contributed by atoms with Gasteiger partial charge in [0.15, 0.2) is 0 Å². The van der Waals surface area contributed by atoms with Gasteiger partial charge in [-0.25, -0.2) is 14.4 Å². The SMILES string of the molecule is CC(C)[C@H](NC(=O)OCC1c2ccccc2-c2ccccc21)C(=O)N[C@@H](CCCNC(N)=O)C(=O)Nc1ccc(COC(=O)Oc2ccccc2)cc1. The predicted octanol–water partition coefficient (Wildman–Crippen LogP) is 5.84. The van der Waals surface area contributed by atoms with Crippen molar-refractivity contribution in [1.82, 2.24) is 16.0 Å². The molecule has 0 spiro atoms. The van der Waals surface area contributed by atoms with Crippen molar-refractivity contribution < 1.29 is 38.2 Å². The van der Waals surface area contributed by atoms with E-state index >= 15 is 0 Å². The zero-order valence-electron chi connectivity index (χ0n) is 29.5. The second kappa shape index (κ2) is 18.2. The first-order chi connectivity index (χ1) is 25.6. The van der Waals surface area contributed by atoms with Gasteiger partial charge in [0.1, 0.15) is 31.0 Å². The van der Waals surface area contributed by atoms with E-state index in [9.17, 15) is 24.0 Å². The molecule has 0 bridgehead atoms. The lowest BCUT2D eigenvalue weighted by Gasteiger charge is -2.25. The number of benzene rings is 4. The fourth-order valence-corrected chi connectivity index (χ4v) is 6.02. The van der Waals surface area contributed by atoms with Crippen LogP contribution in [0.2, 0.25) is 0 Å². The number of hydrogen-bond donors (Lipinski definition) is 5. The maximum atomic E-state index is 13.6. The summed E-state index contributed by atoms with van der Waals surface area (Å²) in [6.45, 7) is 3.74. The smallest absolute Gasteiger partial charge is 0.449 e. The molecule has 0 aliphatic heterocycles. The molecule has 0 saturated heterocycles. The van der Waals surface area contributed by atoms with Crippen LogP contribution in [0.1, 0.15) is 49.3 Å². The summed E-state index contributed by atoms with van der Waals surface area (Å²) < 4.78 is 16.0. The second-order valence-electron chi connectivity index (χ2n) is 12.8. The van der Waals surface area contributed by atoms with Gasteiger partial charge in [0.2, 0.25) is 11.8 Å². The van der Waals surface area contributed by atoms with Gasteiger partial charge in [-0.2, -0.15) is 0 Å². The Morgan fingerprint density at radius 3 is 1.98 bits per heavy atom. The van der Waals surface area contributed by atoms with E-state index in [1.807, 2.05) is 48.5 Å². The van der Waals surface area contributed by atoms with Gasteiger partial charge in [0.25, 0.3) is 0 Å². The highest BCUT2D eigenvalue weighted by Crippen LogP contribution is 2.44. The number of ether oxygens (including phenoxy) is 3. The standard InChI is InChI=1S/C40H43N5O8/c1-25(2)35(45-39(49)51-24-33-31-15-8-6-13-29(31)30-14-7-9-16-32(30)33)37(47)44-34(17-10-22-42-38(41)48)36(46)43-27-20-18-26(19-21-27)23-52-40(50)53-28-11-4-3-5-12-28/h3-9,11-16,18-21,25,33-35H,10,17,22-24H2,1-2H3,(H,43,46)(H,44,47)(H,45,49)(H3,41,42,48)/t34-,35-/m0/s1. The lowest BCUT2D eigenvalue weighted by molar-refractivity contribution is -0.128. The van der Waals surface area contributed by atoms with Gasteiger partial charge in [-0.1, -0.05) is 92.7 Å². The van der Waals surface area contributed by atoms with Crippen molar-refractivity contribution in [1.29, 1.82) is 0 Å². The third kappa shape index (κ3) is 10.6. The van der Waals surface area contributed by atoms with E-state index in [0.29, 0.717) is 23.4 Å². The van der Waals surface area contributed by atoms with Gasteiger partial charge in [-0.3, -0.25) is 9.59 Å². The largest absolute Gasteiger partial charge is 0.514 e. The van der Waals surface area contributed by atoms with Crippen LogP contribution in [0, 0.1) is 5.92 Å². The average molecular weight is 722 g/mol. The number of amides is 5. The Kier molecular flexibility index (Phi) is 13.0. The lowest BCUT2D eigenvalue weighted by atomic mass is 9.98. The summed E-state index contributed by atoms with van der Waals surface area (Å²) in [5, 5.41) is 10.7. The number of alkyl carbamates (subject to hydrolysis) is 1. The molecule has 4 aromatic rings. The fourth-order valence-electron chi connectivity index (χ4n) is 6.02. The van der Waals surface area contributed by atoms with Crippen LogP contribution in [0.3, 0.4) is 0 Å². The van der Waals surface area contributed by atoms with E-state index in [4.69, 9.17) is 19.9 Å². The Balaban J connectivity index is 1.17. The van der Waals surface area contributed by atoms with Crippen molar-refractivity contribution in [2.24, 2.45) is 11.7 Å². The van der Waals surface area contributed by atoms with Crippen molar-refractivity contribution in [3.63, 3.8) is 0 Å². The minimum atomic E-state index is -1.03. The van der Waals surface area contributed by atoms with Gasteiger partial charge < -0.3 is 41.2 Å². The molecule has 0 fully saturated rings. The van der Waals surface area contributed by atoms with Crippen LogP contribution in [0.15, 0.2) is 103 Å². The number of primary amides is 1. The van der Waals surface area contributed by atoms with Crippen molar-refractivity contribution in [2.75, 3.05) is 18.5 Å². The lowest BCUT2D eigenvalue weighted by Crippen LogP contribution is -2.54. The third-order valence-corrected chi connectivity index (χ3v) is 8.69. The van der Waals surface area contributed by atoms with Crippen LogP contribution in [-0.4, -0.2) is 55.3 Å². The van der Waals surface area contributed by atoms with Crippen LogP contribution in [0.4, 0.5) is 20.1 Å². The molecule has 5 rings (SSSR count). The molecular weight excluding hydrogens is 678 g/mol. The highest BCUT2D eigenvalue weighted by atomic mass is 16.7. The molecule has 1 aliphatic carbocycles. The molecule has 0 heterocycles. The normalized spacial score (nSPS) is 12.7. The molecule has 13 heteroatoms. The number of urea groups is 1. The van der Waals surface area contributed by atoms with E-state index in [-0.39, 0.29) is 38.0 Å². The van der Waals surface area contributed by atoms with Crippen molar-refractivity contribution in [3.8, 4) is 16.9 Å². The predicted molar refractivity (Wildman–Crippen MR) is 198 cm³/mol. The van der Waals surface area contributed by atoms with Crippen LogP contribution in [-0.2, 0) is 25.7 Å². The molecule has 2 atom stereocenters. The minimum Gasteiger partial charge on any atom is -0.449 e. The Bertz CT molecular complexity index is 1860. The molecule has 13 nitrogen and oxygen atoms in total. The number of fused-ring (bicyclic) bond motifs is 3. The van der Waals surface area contributed by atoms with Crippen molar-refractivity contribution in [3.05, 3.63) is 120 Å². The summed E-state index contributed by atoms with van der Waals surface area (Å²) in [6, 6.07) is 28.3. The molecule has 0 unspecified atom stereocenters. The molecule has 0 saturated carbocycles. The molecule has 53 heavy (non-hydrogen) atoms. The van der Waals surface area contributed by atoms with Gasteiger partial charge >= 0.3 is 18.3 Å². The number of anilines is 1. The van der Waals surface area contributed by atoms with E-state index in [1.54, 1.807) is 68.4 Å². The molecule has 0 radical (unpaired) electrons. The van der Waals surface area contributed by atoms with E-state index < -0.39 is 42.2 Å². The van der Waals surface area contributed by atoms with Crippen LogP contribution in [0.25, 0.3) is 11.1 Å². The first-order valence-corrected chi connectivity index (χ1v) is 17.3. The van der Waals surface area contributed by atoms with E-state index in [1.165, 1.54) is 0 Å². The maximum Gasteiger partial charge on any atom is 0.514 e. The first kappa shape index (κ1) is 37.9. The topological polar surface area (TPSA) is 187 Å². The summed E-state index contributed by atoms with van der Waals surface area (Å²) in [5.41, 5.74) is 10.6. The Hall–Kier alpha value is -6.37. The van der Waals surface area contributed by atoms with Gasteiger partial charge in [0.05, 0.1) is 0 Å². The fraction of sp³-hybridized carbons (Fsp3) is 0.275. The third-order valence-electron chi connectivity index (χ3n) is 8.69. The highest BCUT2D eigenvalue weighted by molar-refractivity contribution is 5.98. The zero-order valence-corrected chi connectivity index (χ0v) is 29.5. The molecule has 5 amide bonds. The first-order valence-electron chi connectivity index (χ1n) is 17.3. The molecule has 1 aliphatic rings. The Labute approximate surface area is 307 Å². The van der Waals surface area contributed by atoms with E-state index in [2.05, 4.69) is 21.3 Å². The zero-order chi connectivity index (χ0) is 37.7. The second-order valence-corrected chi connectivity index (χ2v) is 12.8. The maximum absolute atomic E-state index is 13.6. The van der Waals surface area contributed by atoms with Gasteiger partial charge in [-0.05, 0) is 70.8 Å². The number of carbonyl (C=O) groups excluding carboxylic acids is 5. The number of para-hydroxylation sites is 1. The minimum absolute atomic E-state index is 0.0568. The monoisotopic (exact) mass is 721 g/mol. The number of nitrogens with one attached hydrogen (secondary N) is 4. The van der Waals surface area contributed by atoms with E-state index in [0.717, 1.165) is 22.3 Å². The van der Waals surface area contributed by atoms with Crippen LogP contribution < -0.4 is 31.7 Å². The molecule has 0 aromatic heterocycles. The number of hydrogen-bond acceptors (Lipinski definition) is 8. The average Bonchev–Trinajstić information content (AvgIpc) is 3.47. The summed E-state index contributed by atoms with van der Waals surface area (Å²) in [4.78, 5) is 63.4. The number of rotatable bonds is 15. The molecule has 6 N–H and O–H groups in total. The van der Waals surface area contributed by atoms with Gasteiger partial charge in [0, 0.05) is 18.2 Å². The summed E-state index contributed by atoms with van der Waals surface area (Å²) in [5.74, 6) is -1.24. The molecular formula is C40H43N5O8. The highest BCUT2D eigenvalue weighted by Gasteiger charge is 2.32.